The van der Waals surface area contributed by atoms with Crippen molar-refractivity contribution in [2.24, 2.45) is 0 Å². The quantitative estimate of drug-likeness (QED) is 0.0362. The smallest absolute Gasteiger partial charge is 0.220 e. The number of aliphatic hydroxyl groups is 3. The monoisotopic (exact) mass is 870 g/mol. The first-order valence-electron chi connectivity index (χ1n) is 27.4. The Hall–Kier alpha value is -1.69. The topological polar surface area (TPSA) is 89.8 Å². The van der Waals surface area contributed by atoms with Crippen LogP contribution in [0.4, 0.5) is 0 Å². The molecule has 0 saturated carbocycles. The zero-order valence-electron chi connectivity index (χ0n) is 41.5. The van der Waals surface area contributed by atoms with Crippen LogP contribution in [0.1, 0.15) is 284 Å². The SMILES string of the molecule is CCCC/C=C/CC/C=C/CCCC(O)C(O)C(CO)NC(=O)CCCCCCCCCCCCCCCCCCC/C=C\C/C=C\CCCCCCCCCCCCCCC. The highest BCUT2D eigenvalue weighted by Crippen LogP contribution is 2.17. The standard InChI is InChI=1S/C57H107NO4/c1-3-5-7-9-11-13-15-16-17-18-19-20-21-22-23-24-25-26-27-28-29-30-31-32-33-34-35-36-37-38-39-40-42-44-46-48-50-52-56(61)58-54(53-59)57(62)55(60)51-49-47-45-43-41-14-12-10-8-6-4-2/h10,12,23-24,26-27,43,45,54-55,57,59-60,62H,3-9,11,13-22,25,28-42,44,46-53H2,1-2H3,(H,58,61)/b12-10+,24-23-,27-26-,45-43+. The van der Waals surface area contributed by atoms with Crippen molar-refractivity contribution in [3.05, 3.63) is 48.6 Å². The molecule has 1 amide bonds. The van der Waals surface area contributed by atoms with Gasteiger partial charge in [-0.15, -0.1) is 0 Å². The molecule has 0 aromatic heterocycles. The number of amides is 1. The lowest BCUT2D eigenvalue weighted by atomic mass is 10.0. The molecule has 0 aromatic rings. The van der Waals surface area contributed by atoms with E-state index >= 15 is 0 Å². The van der Waals surface area contributed by atoms with E-state index in [0.717, 1.165) is 57.8 Å². The number of nitrogens with one attached hydrogen (secondary N) is 1. The molecule has 3 unspecified atom stereocenters. The number of rotatable bonds is 50. The van der Waals surface area contributed by atoms with Crippen molar-refractivity contribution >= 4 is 5.91 Å². The van der Waals surface area contributed by atoms with Gasteiger partial charge in [-0.25, -0.2) is 0 Å². The molecular weight excluding hydrogens is 763 g/mol. The molecule has 0 aliphatic carbocycles. The summed E-state index contributed by atoms with van der Waals surface area (Å²) in [7, 11) is 0. The second-order valence-electron chi connectivity index (χ2n) is 18.8. The van der Waals surface area contributed by atoms with Crippen LogP contribution in [0.2, 0.25) is 0 Å². The third-order valence-corrected chi connectivity index (χ3v) is 12.6. The Labute approximate surface area is 387 Å². The Kier molecular flexibility index (Phi) is 50.5. The fourth-order valence-electron chi connectivity index (χ4n) is 8.37. The van der Waals surface area contributed by atoms with Crippen molar-refractivity contribution in [1.29, 1.82) is 0 Å². The van der Waals surface area contributed by atoms with Crippen LogP contribution in [0.5, 0.6) is 0 Å². The van der Waals surface area contributed by atoms with Gasteiger partial charge in [-0.2, -0.15) is 0 Å². The molecule has 364 valence electrons. The molecule has 0 aliphatic heterocycles. The Balaban J connectivity index is 3.47. The largest absolute Gasteiger partial charge is 0.394 e. The third kappa shape index (κ3) is 46.3. The summed E-state index contributed by atoms with van der Waals surface area (Å²) in [5.74, 6) is -0.158. The maximum absolute atomic E-state index is 12.5. The first kappa shape index (κ1) is 60.3. The number of hydrogen-bond donors (Lipinski definition) is 4. The van der Waals surface area contributed by atoms with Gasteiger partial charge in [0, 0.05) is 6.42 Å². The number of unbranched alkanes of at least 4 members (excludes halogenated alkanes) is 34. The van der Waals surface area contributed by atoms with Gasteiger partial charge in [-0.3, -0.25) is 4.79 Å². The van der Waals surface area contributed by atoms with Crippen LogP contribution in [0, 0.1) is 0 Å². The Bertz CT molecular complexity index is 1000. The minimum absolute atomic E-state index is 0.158. The summed E-state index contributed by atoms with van der Waals surface area (Å²) >= 11 is 0. The maximum Gasteiger partial charge on any atom is 0.220 e. The van der Waals surface area contributed by atoms with E-state index in [4.69, 9.17) is 0 Å². The summed E-state index contributed by atoms with van der Waals surface area (Å²) < 4.78 is 0. The van der Waals surface area contributed by atoms with Gasteiger partial charge >= 0.3 is 0 Å². The average Bonchev–Trinajstić information content (AvgIpc) is 3.28. The molecule has 0 aromatic carbocycles. The van der Waals surface area contributed by atoms with E-state index < -0.39 is 18.2 Å². The number of allylic oxidation sites excluding steroid dienone is 8. The van der Waals surface area contributed by atoms with Crippen molar-refractivity contribution < 1.29 is 20.1 Å². The highest BCUT2D eigenvalue weighted by Gasteiger charge is 2.26. The molecule has 0 heterocycles. The Morgan fingerprint density at radius 3 is 1.13 bits per heavy atom. The minimum atomic E-state index is -1.17. The van der Waals surface area contributed by atoms with E-state index in [1.54, 1.807) is 0 Å². The van der Waals surface area contributed by atoms with Gasteiger partial charge in [0.15, 0.2) is 0 Å². The molecule has 4 N–H and O–H groups in total. The van der Waals surface area contributed by atoms with Gasteiger partial charge in [0.25, 0.3) is 0 Å². The van der Waals surface area contributed by atoms with Crippen LogP contribution in [0.25, 0.3) is 0 Å². The van der Waals surface area contributed by atoms with E-state index in [0.29, 0.717) is 12.8 Å². The summed E-state index contributed by atoms with van der Waals surface area (Å²) in [6, 6.07) is -0.832. The molecular formula is C57H107NO4. The van der Waals surface area contributed by atoms with E-state index in [1.807, 2.05) is 0 Å². The fourth-order valence-corrected chi connectivity index (χ4v) is 8.37. The Morgan fingerprint density at radius 1 is 0.403 bits per heavy atom. The first-order valence-corrected chi connectivity index (χ1v) is 27.4. The molecule has 0 fully saturated rings. The molecule has 3 atom stereocenters. The predicted octanol–water partition coefficient (Wildman–Crippen LogP) is 16.8. The zero-order valence-corrected chi connectivity index (χ0v) is 41.5. The molecule has 5 nitrogen and oxygen atoms in total. The zero-order chi connectivity index (χ0) is 45.1. The van der Waals surface area contributed by atoms with Crippen LogP contribution in [-0.2, 0) is 4.79 Å². The van der Waals surface area contributed by atoms with Crippen LogP contribution in [0.3, 0.4) is 0 Å². The van der Waals surface area contributed by atoms with Crippen LogP contribution in [0.15, 0.2) is 48.6 Å². The summed E-state index contributed by atoms with van der Waals surface area (Å²) in [6.07, 6.45) is 68.6. The molecule has 5 heteroatoms. The fraction of sp³-hybridized carbons (Fsp3) is 0.842. The van der Waals surface area contributed by atoms with Crippen molar-refractivity contribution in [2.45, 2.75) is 302 Å². The maximum atomic E-state index is 12.5. The molecule has 0 rings (SSSR count). The van der Waals surface area contributed by atoms with Gasteiger partial charge in [-0.05, 0) is 77.0 Å². The van der Waals surface area contributed by atoms with Crippen LogP contribution < -0.4 is 5.32 Å². The van der Waals surface area contributed by atoms with E-state index in [1.165, 1.54) is 199 Å². The summed E-state index contributed by atoms with van der Waals surface area (Å²) in [4.78, 5) is 12.5. The molecule has 62 heavy (non-hydrogen) atoms. The average molecular weight is 870 g/mol. The van der Waals surface area contributed by atoms with E-state index in [-0.39, 0.29) is 12.5 Å². The molecule has 0 aliphatic rings. The number of hydrogen-bond acceptors (Lipinski definition) is 4. The Morgan fingerprint density at radius 2 is 0.726 bits per heavy atom. The van der Waals surface area contributed by atoms with Gasteiger partial charge < -0.3 is 20.6 Å². The second-order valence-corrected chi connectivity index (χ2v) is 18.8. The van der Waals surface area contributed by atoms with E-state index in [9.17, 15) is 20.1 Å². The lowest BCUT2D eigenvalue weighted by Gasteiger charge is -2.26. The highest BCUT2D eigenvalue weighted by atomic mass is 16.3. The molecule has 0 bridgehead atoms. The first-order chi connectivity index (χ1) is 30.6. The molecule has 0 radical (unpaired) electrons. The van der Waals surface area contributed by atoms with Gasteiger partial charge in [0.2, 0.25) is 5.91 Å². The molecule has 0 saturated heterocycles. The van der Waals surface area contributed by atoms with Crippen molar-refractivity contribution in [2.75, 3.05) is 6.61 Å². The van der Waals surface area contributed by atoms with Crippen LogP contribution >= 0.6 is 0 Å². The van der Waals surface area contributed by atoms with Gasteiger partial charge in [0.1, 0.15) is 6.10 Å². The van der Waals surface area contributed by atoms with Crippen molar-refractivity contribution in [3.63, 3.8) is 0 Å². The van der Waals surface area contributed by atoms with Gasteiger partial charge in [-0.1, -0.05) is 249 Å². The summed E-state index contributed by atoms with van der Waals surface area (Å²) in [6.45, 7) is 4.12. The predicted molar refractivity (Wildman–Crippen MR) is 273 cm³/mol. The lowest BCUT2D eigenvalue weighted by molar-refractivity contribution is -0.124. The van der Waals surface area contributed by atoms with E-state index in [2.05, 4.69) is 67.8 Å². The third-order valence-electron chi connectivity index (χ3n) is 12.6. The normalized spacial score (nSPS) is 13.7. The summed E-state index contributed by atoms with van der Waals surface area (Å²) in [5, 5.41) is 33.5. The van der Waals surface area contributed by atoms with Crippen LogP contribution in [-0.4, -0.2) is 46.1 Å². The minimum Gasteiger partial charge on any atom is -0.394 e. The van der Waals surface area contributed by atoms with Crippen molar-refractivity contribution in [1.82, 2.24) is 5.32 Å². The highest BCUT2D eigenvalue weighted by molar-refractivity contribution is 5.76. The summed E-state index contributed by atoms with van der Waals surface area (Å²) in [5.41, 5.74) is 0. The van der Waals surface area contributed by atoms with Gasteiger partial charge in [0.05, 0.1) is 18.8 Å². The second kappa shape index (κ2) is 51.9. The molecule has 0 spiro atoms. The number of aliphatic hydroxyl groups excluding tert-OH is 3. The van der Waals surface area contributed by atoms with Crippen molar-refractivity contribution in [3.8, 4) is 0 Å². The number of carbonyl (C=O) groups excluding carboxylic acids is 1. The number of carbonyl (C=O) groups is 1. The lowest BCUT2D eigenvalue weighted by Crippen LogP contribution is -2.50.